The van der Waals surface area contributed by atoms with Gasteiger partial charge in [-0.1, -0.05) is 24.3 Å². The van der Waals surface area contributed by atoms with E-state index in [9.17, 15) is 27.2 Å². The molecule has 0 saturated heterocycles. The molecule has 2 nitrogen and oxygen atoms in total. The number of halogens is 4. The van der Waals surface area contributed by atoms with Gasteiger partial charge in [0.1, 0.15) is 17.4 Å². The summed E-state index contributed by atoms with van der Waals surface area (Å²) < 4.78 is 53.8. The quantitative estimate of drug-likeness (QED) is 0.569. The van der Waals surface area contributed by atoms with Crippen LogP contribution in [0, 0.1) is 5.82 Å². The number of carbonyl (C=O) groups is 2. The lowest BCUT2D eigenvalue weighted by molar-refractivity contribution is -0.137. The number of hydrogen-bond donors (Lipinski definition) is 0. The maximum Gasteiger partial charge on any atom is 0.416 e. The number of benzene rings is 2. The third-order valence-electron chi connectivity index (χ3n) is 4.28. The molecule has 0 aromatic heterocycles. The van der Waals surface area contributed by atoms with Crippen LogP contribution < -0.4 is 0 Å². The highest BCUT2D eigenvalue weighted by molar-refractivity contribution is 6.02. The van der Waals surface area contributed by atoms with E-state index in [0.717, 1.165) is 12.1 Å². The molecule has 6 heteroatoms. The summed E-state index contributed by atoms with van der Waals surface area (Å²) in [7, 11) is 0. The van der Waals surface area contributed by atoms with Gasteiger partial charge in [0.15, 0.2) is 0 Å². The summed E-state index contributed by atoms with van der Waals surface area (Å²) in [5, 5.41) is 0. The van der Waals surface area contributed by atoms with E-state index in [-0.39, 0.29) is 47.5 Å². The lowest BCUT2D eigenvalue weighted by Gasteiger charge is -2.22. The average molecular weight is 350 g/mol. The van der Waals surface area contributed by atoms with Gasteiger partial charge >= 0.3 is 6.18 Å². The molecule has 2 aromatic carbocycles. The highest BCUT2D eigenvalue weighted by Gasteiger charge is 2.33. The van der Waals surface area contributed by atoms with Gasteiger partial charge in [-0.2, -0.15) is 13.2 Å². The summed E-state index contributed by atoms with van der Waals surface area (Å²) in [6.45, 7) is 0. The lowest BCUT2D eigenvalue weighted by Crippen LogP contribution is -2.21. The molecule has 0 heterocycles. The van der Waals surface area contributed by atoms with Gasteiger partial charge in [-0.15, -0.1) is 0 Å². The van der Waals surface area contributed by atoms with Gasteiger partial charge in [0.25, 0.3) is 0 Å². The first kappa shape index (κ1) is 17.3. The number of alkyl halides is 3. The molecule has 0 unspecified atom stereocenters. The Kier molecular flexibility index (Phi) is 4.45. The van der Waals surface area contributed by atoms with Crippen LogP contribution in [0.25, 0.3) is 11.1 Å². The van der Waals surface area contributed by atoms with Gasteiger partial charge in [-0.05, 0) is 35.2 Å². The van der Waals surface area contributed by atoms with Gasteiger partial charge in [0.2, 0.25) is 0 Å². The molecule has 1 saturated carbocycles. The fraction of sp³-hybridized carbons (Fsp3) is 0.263. The lowest BCUT2D eigenvalue weighted by atomic mass is 9.81. The number of ketones is 2. The Morgan fingerprint density at radius 1 is 0.920 bits per heavy atom. The van der Waals surface area contributed by atoms with Crippen molar-refractivity contribution in [1.29, 1.82) is 0 Å². The van der Waals surface area contributed by atoms with Crippen LogP contribution in [0.15, 0.2) is 42.5 Å². The van der Waals surface area contributed by atoms with Crippen molar-refractivity contribution in [2.45, 2.75) is 31.4 Å². The van der Waals surface area contributed by atoms with Crippen LogP contribution in [0.1, 0.15) is 36.3 Å². The van der Waals surface area contributed by atoms with E-state index in [4.69, 9.17) is 0 Å². The first-order valence-corrected chi connectivity index (χ1v) is 7.74. The third kappa shape index (κ3) is 3.78. The van der Waals surface area contributed by atoms with Crippen molar-refractivity contribution in [3.8, 4) is 11.1 Å². The molecule has 2 aromatic rings. The zero-order chi connectivity index (χ0) is 18.2. The Morgan fingerprint density at radius 2 is 1.56 bits per heavy atom. The molecule has 0 radical (unpaired) electrons. The smallest absolute Gasteiger partial charge is 0.299 e. The van der Waals surface area contributed by atoms with Crippen LogP contribution in [-0.2, 0) is 15.8 Å². The number of carbonyl (C=O) groups excluding carboxylic acids is 2. The molecule has 0 atom stereocenters. The molecule has 1 aliphatic carbocycles. The van der Waals surface area contributed by atoms with E-state index in [1.165, 1.54) is 30.3 Å². The van der Waals surface area contributed by atoms with E-state index in [0.29, 0.717) is 0 Å². The molecule has 25 heavy (non-hydrogen) atoms. The standard InChI is InChI=1S/C19H14F4O2/c20-18-4-2-1-3-17(18)13-5-11(6-14(7-13)19(21,22)23)12-8-15(24)10-16(25)9-12/h1-7,12H,8-10H2. The monoisotopic (exact) mass is 350 g/mol. The second kappa shape index (κ2) is 6.43. The molecule has 0 spiro atoms. The predicted octanol–water partition coefficient (Wildman–Crippen LogP) is 4.92. The zero-order valence-corrected chi connectivity index (χ0v) is 13.1. The van der Waals surface area contributed by atoms with Crippen LogP contribution >= 0.6 is 0 Å². The minimum atomic E-state index is -4.61. The predicted molar refractivity (Wildman–Crippen MR) is 83.4 cm³/mol. The number of hydrogen-bond acceptors (Lipinski definition) is 2. The maximum absolute atomic E-state index is 14.0. The first-order chi connectivity index (χ1) is 11.7. The molecular formula is C19H14F4O2. The minimum absolute atomic E-state index is 0.0176. The Balaban J connectivity index is 2.12. The van der Waals surface area contributed by atoms with Crippen molar-refractivity contribution in [3.05, 3.63) is 59.4 Å². The van der Waals surface area contributed by atoms with Crippen LogP contribution in [0.2, 0.25) is 0 Å². The highest BCUT2D eigenvalue weighted by atomic mass is 19.4. The minimum Gasteiger partial charge on any atom is -0.299 e. The second-order valence-corrected chi connectivity index (χ2v) is 6.18. The van der Waals surface area contributed by atoms with Gasteiger partial charge in [0, 0.05) is 18.4 Å². The van der Waals surface area contributed by atoms with Gasteiger partial charge in [-0.3, -0.25) is 9.59 Å². The average Bonchev–Trinajstić information content (AvgIpc) is 2.53. The summed E-state index contributed by atoms with van der Waals surface area (Å²) >= 11 is 0. The van der Waals surface area contributed by atoms with Crippen LogP contribution in [0.3, 0.4) is 0 Å². The van der Waals surface area contributed by atoms with Gasteiger partial charge < -0.3 is 0 Å². The fourth-order valence-corrected chi connectivity index (χ4v) is 3.12. The Morgan fingerprint density at radius 3 is 2.16 bits per heavy atom. The van der Waals surface area contributed by atoms with Gasteiger partial charge in [-0.25, -0.2) is 4.39 Å². The van der Waals surface area contributed by atoms with Crippen molar-refractivity contribution in [2.24, 2.45) is 0 Å². The highest BCUT2D eigenvalue weighted by Crippen LogP contribution is 2.38. The first-order valence-electron chi connectivity index (χ1n) is 7.74. The molecule has 130 valence electrons. The number of rotatable bonds is 2. The Bertz CT molecular complexity index is 824. The summed E-state index contributed by atoms with van der Waals surface area (Å²) in [6.07, 6.45) is -4.75. The summed E-state index contributed by atoms with van der Waals surface area (Å²) in [5.41, 5.74) is -0.570. The largest absolute Gasteiger partial charge is 0.416 e. The van der Waals surface area contributed by atoms with E-state index >= 15 is 0 Å². The van der Waals surface area contributed by atoms with Crippen molar-refractivity contribution < 1.29 is 27.2 Å². The van der Waals surface area contributed by atoms with Crippen LogP contribution in [0.5, 0.6) is 0 Å². The summed E-state index contributed by atoms with van der Waals surface area (Å²) in [4.78, 5) is 23.3. The molecular weight excluding hydrogens is 336 g/mol. The number of Topliss-reactive ketones (excluding diaryl/α,β-unsaturated/α-hetero) is 2. The molecule has 0 aliphatic heterocycles. The van der Waals surface area contributed by atoms with Crippen molar-refractivity contribution in [2.75, 3.05) is 0 Å². The summed E-state index contributed by atoms with van der Waals surface area (Å²) in [5.74, 6) is -1.82. The topological polar surface area (TPSA) is 34.1 Å². The third-order valence-corrected chi connectivity index (χ3v) is 4.28. The normalized spacial score (nSPS) is 16.3. The van der Waals surface area contributed by atoms with E-state index < -0.39 is 23.5 Å². The molecule has 0 amide bonds. The van der Waals surface area contributed by atoms with Crippen molar-refractivity contribution >= 4 is 11.6 Å². The molecule has 3 rings (SSSR count). The SMILES string of the molecule is O=C1CC(=O)CC(c2cc(-c3ccccc3F)cc(C(F)(F)F)c2)C1. The van der Waals surface area contributed by atoms with E-state index in [1.807, 2.05) is 0 Å². The van der Waals surface area contributed by atoms with Crippen LogP contribution in [-0.4, -0.2) is 11.6 Å². The maximum atomic E-state index is 14.0. The molecule has 1 fully saturated rings. The Hall–Kier alpha value is -2.50. The zero-order valence-electron chi connectivity index (χ0n) is 13.1. The Labute approximate surface area is 141 Å². The van der Waals surface area contributed by atoms with Crippen molar-refractivity contribution in [1.82, 2.24) is 0 Å². The second-order valence-electron chi connectivity index (χ2n) is 6.18. The fourth-order valence-electron chi connectivity index (χ4n) is 3.12. The molecule has 0 bridgehead atoms. The summed E-state index contributed by atoms with van der Waals surface area (Å²) in [6, 6.07) is 8.81. The van der Waals surface area contributed by atoms with Gasteiger partial charge in [0.05, 0.1) is 12.0 Å². The van der Waals surface area contributed by atoms with Crippen molar-refractivity contribution in [3.63, 3.8) is 0 Å². The van der Waals surface area contributed by atoms with E-state index in [2.05, 4.69) is 0 Å². The molecule has 0 N–H and O–H groups in total. The van der Waals surface area contributed by atoms with Crippen LogP contribution in [0.4, 0.5) is 17.6 Å². The van der Waals surface area contributed by atoms with E-state index in [1.54, 1.807) is 0 Å². The molecule has 1 aliphatic rings.